The lowest BCUT2D eigenvalue weighted by Gasteiger charge is -2.26. The van der Waals surface area contributed by atoms with Crippen LogP contribution in [-0.4, -0.2) is 54.9 Å². The van der Waals surface area contributed by atoms with Gasteiger partial charge in [0.15, 0.2) is 11.0 Å². The van der Waals surface area contributed by atoms with Crippen LogP contribution in [0.1, 0.15) is 12.5 Å². The predicted octanol–water partition coefficient (Wildman–Crippen LogP) is 1.99. The molecule has 0 radical (unpaired) electrons. The van der Waals surface area contributed by atoms with Crippen molar-refractivity contribution in [3.63, 3.8) is 0 Å². The second-order valence-corrected chi connectivity index (χ2v) is 7.92. The third kappa shape index (κ3) is 4.36. The molecule has 10 heteroatoms. The van der Waals surface area contributed by atoms with Gasteiger partial charge in [-0.25, -0.2) is 8.42 Å². The fraction of sp³-hybridized carbons (Fsp3) is 0.312. The second-order valence-electron chi connectivity index (χ2n) is 5.59. The second kappa shape index (κ2) is 8.09. The van der Waals surface area contributed by atoms with Crippen molar-refractivity contribution in [1.82, 2.24) is 14.5 Å². The first-order valence-electron chi connectivity index (χ1n) is 7.95. The summed E-state index contributed by atoms with van der Waals surface area (Å²) < 4.78 is 31.9. The number of sulfonamides is 1. The normalized spacial score (nSPS) is 16.5. The van der Waals surface area contributed by atoms with E-state index in [2.05, 4.69) is 20.7 Å². The van der Waals surface area contributed by atoms with E-state index in [1.165, 1.54) is 4.31 Å². The molecule has 3 rings (SSSR count). The molecular weight excluding hydrogens is 378 g/mol. The molecule has 1 aliphatic rings. The molecule has 2 heterocycles. The number of rotatable bonds is 5. The summed E-state index contributed by atoms with van der Waals surface area (Å²) in [5.74, 6) is 0.459. The Hall–Kier alpha value is -2.07. The number of nitrogens with one attached hydrogen (secondary N) is 1. The van der Waals surface area contributed by atoms with E-state index in [-0.39, 0.29) is 4.90 Å². The molecule has 1 aromatic carbocycles. The maximum absolute atomic E-state index is 12.6. The number of aromatic nitrogens is 2. The van der Waals surface area contributed by atoms with E-state index in [9.17, 15) is 8.42 Å². The summed E-state index contributed by atoms with van der Waals surface area (Å²) in [5.41, 5.74) is 4.25. The molecule has 0 atom stereocenters. The number of ether oxygens (including phenoxy) is 1. The van der Waals surface area contributed by atoms with Gasteiger partial charge in [-0.1, -0.05) is 23.7 Å². The number of benzene rings is 1. The minimum Gasteiger partial charge on any atom is -0.379 e. The molecule has 8 nitrogen and oxygen atoms in total. The third-order valence-corrected chi connectivity index (χ3v) is 5.96. The molecule has 2 aromatic rings. The highest BCUT2D eigenvalue weighted by molar-refractivity contribution is 7.89. The van der Waals surface area contributed by atoms with E-state index in [0.717, 1.165) is 5.56 Å². The highest BCUT2D eigenvalue weighted by atomic mass is 35.5. The minimum atomic E-state index is -3.50. The zero-order chi connectivity index (χ0) is 18.6. The standard InChI is InChI=1S/C16H18ClN5O3S/c1-12(18-20-16-7-6-15(17)19-21-16)13-2-4-14(5-3-13)26(23,24)22-8-10-25-11-9-22/h2-7H,8-11H2,1H3,(H,20,21)/b18-12+. The van der Waals surface area contributed by atoms with E-state index in [4.69, 9.17) is 16.3 Å². The predicted molar refractivity (Wildman–Crippen MR) is 98.9 cm³/mol. The molecule has 0 bridgehead atoms. The molecule has 0 aliphatic carbocycles. The van der Waals surface area contributed by atoms with Crippen LogP contribution in [0, 0.1) is 0 Å². The van der Waals surface area contributed by atoms with Gasteiger partial charge < -0.3 is 4.74 Å². The van der Waals surface area contributed by atoms with Crippen molar-refractivity contribution in [1.29, 1.82) is 0 Å². The molecule has 0 amide bonds. The van der Waals surface area contributed by atoms with Gasteiger partial charge in [0.05, 0.1) is 23.8 Å². The van der Waals surface area contributed by atoms with Crippen LogP contribution in [0.4, 0.5) is 5.82 Å². The van der Waals surface area contributed by atoms with Gasteiger partial charge in [-0.15, -0.1) is 10.2 Å². The summed E-state index contributed by atoms with van der Waals surface area (Å²) in [4.78, 5) is 0.257. The maximum Gasteiger partial charge on any atom is 0.243 e. The van der Waals surface area contributed by atoms with Crippen LogP contribution in [0.25, 0.3) is 0 Å². The largest absolute Gasteiger partial charge is 0.379 e. The molecule has 26 heavy (non-hydrogen) atoms. The fourth-order valence-corrected chi connectivity index (χ4v) is 3.89. The molecular formula is C16H18ClN5O3S. The highest BCUT2D eigenvalue weighted by Crippen LogP contribution is 2.18. The first-order chi connectivity index (χ1) is 12.5. The average Bonchev–Trinajstić information content (AvgIpc) is 2.68. The van der Waals surface area contributed by atoms with Crippen molar-refractivity contribution in [3.8, 4) is 0 Å². The molecule has 0 spiro atoms. The molecule has 1 saturated heterocycles. The number of nitrogens with zero attached hydrogens (tertiary/aromatic N) is 4. The van der Waals surface area contributed by atoms with Crippen molar-refractivity contribution in [3.05, 3.63) is 47.1 Å². The molecule has 0 saturated carbocycles. The Balaban J connectivity index is 1.72. The average molecular weight is 396 g/mol. The Bertz CT molecular complexity index is 879. The van der Waals surface area contributed by atoms with Crippen molar-refractivity contribution >= 4 is 33.2 Å². The number of hydrogen-bond acceptors (Lipinski definition) is 7. The number of morpholine rings is 1. The summed E-state index contributed by atoms with van der Waals surface area (Å²) in [6, 6.07) is 9.88. The summed E-state index contributed by atoms with van der Waals surface area (Å²) in [5, 5.41) is 12.1. The summed E-state index contributed by atoms with van der Waals surface area (Å²) in [6.07, 6.45) is 0. The lowest BCUT2D eigenvalue weighted by molar-refractivity contribution is 0.0730. The van der Waals surface area contributed by atoms with E-state index >= 15 is 0 Å². The van der Waals surface area contributed by atoms with E-state index in [0.29, 0.717) is 43.0 Å². The van der Waals surface area contributed by atoms with Crippen LogP contribution in [0.3, 0.4) is 0 Å². The maximum atomic E-state index is 12.6. The molecule has 1 aliphatic heterocycles. The van der Waals surface area contributed by atoms with Crippen molar-refractivity contribution < 1.29 is 13.2 Å². The van der Waals surface area contributed by atoms with Gasteiger partial charge in [-0.05, 0) is 36.8 Å². The van der Waals surface area contributed by atoms with Gasteiger partial charge >= 0.3 is 0 Å². The van der Waals surface area contributed by atoms with Crippen LogP contribution in [0.15, 0.2) is 46.4 Å². The number of halogens is 1. The first-order valence-corrected chi connectivity index (χ1v) is 9.76. The number of hydrazone groups is 1. The first kappa shape index (κ1) is 18.7. The zero-order valence-corrected chi connectivity index (χ0v) is 15.7. The van der Waals surface area contributed by atoms with Crippen molar-refractivity contribution in [2.24, 2.45) is 5.10 Å². The van der Waals surface area contributed by atoms with Crippen LogP contribution >= 0.6 is 11.6 Å². The molecule has 1 fully saturated rings. The van der Waals surface area contributed by atoms with Crippen LogP contribution in [0.2, 0.25) is 5.15 Å². The van der Waals surface area contributed by atoms with Crippen LogP contribution < -0.4 is 5.43 Å². The smallest absolute Gasteiger partial charge is 0.243 e. The Morgan fingerprint density at radius 1 is 1.15 bits per heavy atom. The molecule has 0 unspecified atom stereocenters. The van der Waals surface area contributed by atoms with Crippen LogP contribution in [-0.2, 0) is 14.8 Å². The summed E-state index contributed by atoms with van der Waals surface area (Å²) in [7, 11) is -3.50. The van der Waals surface area contributed by atoms with Gasteiger partial charge in [0.2, 0.25) is 10.0 Å². The Morgan fingerprint density at radius 2 is 1.85 bits per heavy atom. The number of anilines is 1. The van der Waals surface area contributed by atoms with E-state index < -0.39 is 10.0 Å². The summed E-state index contributed by atoms with van der Waals surface area (Å²) >= 11 is 5.68. The lowest BCUT2D eigenvalue weighted by atomic mass is 10.1. The molecule has 1 N–H and O–H groups in total. The fourth-order valence-electron chi connectivity index (χ4n) is 2.39. The Kier molecular flexibility index (Phi) is 5.82. The zero-order valence-electron chi connectivity index (χ0n) is 14.1. The molecule has 138 valence electrons. The topological polar surface area (TPSA) is 96.8 Å². The monoisotopic (exact) mass is 395 g/mol. The third-order valence-electron chi connectivity index (χ3n) is 3.85. The number of hydrogen-bond donors (Lipinski definition) is 1. The minimum absolute atomic E-state index is 0.257. The van der Waals surface area contributed by atoms with Crippen LogP contribution in [0.5, 0.6) is 0 Å². The highest BCUT2D eigenvalue weighted by Gasteiger charge is 2.26. The quantitative estimate of drug-likeness (QED) is 0.614. The summed E-state index contributed by atoms with van der Waals surface area (Å²) in [6.45, 7) is 3.39. The van der Waals surface area contributed by atoms with Crippen molar-refractivity contribution in [2.75, 3.05) is 31.7 Å². The Labute approximate surface area is 156 Å². The van der Waals surface area contributed by atoms with Gasteiger partial charge in [-0.2, -0.15) is 9.41 Å². The van der Waals surface area contributed by atoms with E-state index in [1.807, 2.05) is 6.92 Å². The SMILES string of the molecule is C/C(=N\Nc1ccc(Cl)nn1)c1ccc(S(=O)(=O)N2CCOCC2)cc1. The Morgan fingerprint density at radius 3 is 2.46 bits per heavy atom. The van der Waals surface area contributed by atoms with Gasteiger partial charge in [0.25, 0.3) is 0 Å². The van der Waals surface area contributed by atoms with Gasteiger partial charge in [0.1, 0.15) is 0 Å². The van der Waals surface area contributed by atoms with Gasteiger partial charge in [0, 0.05) is 13.1 Å². The lowest BCUT2D eigenvalue weighted by Crippen LogP contribution is -2.40. The van der Waals surface area contributed by atoms with E-state index in [1.54, 1.807) is 36.4 Å². The molecule has 1 aromatic heterocycles. The van der Waals surface area contributed by atoms with Gasteiger partial charge in [-0.3, -0.25) is 5.43 Å². The van der Waals surface area contributed by atoms with Crippen molar-refractivity contribution in [2.45, 2.75) is 11.8 Å².